The number of hydrogen-bond acceptors (Lipinski definition) is 4. The lowest BCUT2D eigenvalue weighted by Gasteiger charge is -2.41. The predicted molar refractivity (Wildman–Crippen MR) is 109 cm³/mol. The number of sulfonamides is 1. The van der Waals surface area contributed by atoms with E-state index in [0.29, 0.717) is 37.9 Å². The van der Waals surface area contributed by atoms with Crippen LogP contribution in [-0.2, 0) is 21.3 Å². The first-order valence-electron chi connectivity index (χ1n) is 10.1. The molecule has 7 heteroatoms. The third kappa shape index (κ3) is 4.38. The Bertz CT molecular complexity index is 952. The first-order valence-corrected chi connectivity index (χ1v) is 11.5. The Morgan fingerprint density at radius 1 is 1.14 bits per heavy atom. The zero-order valence-electron chi connectivity index (χ0n) is 16.6. The normalized spacial score (nSPS) is 24.1. The summed E-state index contributed by atoms with van der Waals surface area (Å²) in [7, 11) is -3.65. The fourth-order valence-electron chi connectivity index (χ4n) is 4.37. The van der Waals surface area contributed by atoms with E-state index >= 15 is 0 Å². The van der Waals surface area contributed by atoms with Crippen LogP contribution in [0.5, 0.6) is 0 Å². The third-order valence-corrected chi connectivity index (χ3v) is 7.84. The molecule has 2 aromatic carbocycles. The molecule has 29 heavy (non-hydrogen) atoms. The summed E-state index contributed by atoms with van der Waals surface area (Å²) in [4.78, 5) is 2.59. The Hall–Kier alpha value is -1.80. The Labute approximate surface area is 172 Å². The number of piperidine rings is 1. The van der Waals surface area contributed by atoms with Crippen LogP contribution >= 0.6 is 0 Å². The molecule has 2 fully saturated rings. The van der Waals surface area contributed by atoms with Crippen LogP contribution < -0.4 is 0 Å². The second-order valence-electron chi connectivity index (χ2n) is 7.92. The summed E-state index contributed by atoms with van der Waals surface area (Å²) in [5, 5.41) is 0. The molecule has 2 aliphatic heterocycles. The highest BCUT2D eigenvalue weighted by atomic mass is 32.2. The Morgan fingerprint density at radius 3 is 2.69 bits per heavy atom. The standard InChI is InChI=1S/C22H27FN2O3S/c1-17-13-20(7-8-21(17)23)29(26,27)25-10-9-22-19(15-25)16-28-12-11-24(22)14-18-5-3-2-4-6-18/h2-8,13,19,22H,9-12,14-16H2,1H3/t19-,22-/m1/s1. The van der Waals surface area contributed by atoms with Crippen LogP contribution in [0.1, 0.15) is 17.5 Å². The molecule has 0 amide bonds. The van der Waals surface area contributed by atoms with Gasteiger partial charge < -0.3 is 4.74 Å². The fourth-order valence-corrected chi connectivity index (χ4v) is 5.97. The van der Waals surface area contributed by atoms with Crippen LogP contribution in [0, 0.1) is 18.7 Å². The summed E-state index contributed by atoms with van der Waals surface area (Å²) in [6.45, 7) is 5.38. The number of halogens is 1. The minimum absolute atomic E-state index is 0.117. The lowest BCUT2D eigenvalue weighted by molar-refractivity contribution is 0.0762. The van der Waals surface area contributed by atoms with E-state index in [9.17, 15) is 12.8 Å². The van der Waals surface area contributed by atoms with Gasteiger partial charge in [-0.05, 0) is 42.7 Å². The Kier molecular flexibility index (Phi) is 6.01. The molecule has 0 radical (unpaired) electrons. The SMILES string of the molecule is Cc1cc(S(=O)(=O)N2CC[C@@H]3[C@@H](COCCN3Cc3ccccc3)C2)ccc1F. The summed E-state index contributed by atoms with van der Waals surface area (Å²) in [5.74, 6) is -0.275. The van der Waals surface area contributed by atoms with E-state index in [4.69, 9.17) is 4.74 Å². The van der Waals surface area contributed by atoms with Crippen LogP contribution in [-0.4, -0.2) is 56.5 Å². The van der Waals surface area contributed by atoms with Crippen molar-refractivity contribution in [1.29, 1.82) is 0 Å². The number of rotatable bonds is 4. The Morgan fingerprint density at radius 2 is 1.93 bits per heavy atom. The number of aryl methyl sites for hydroxylation is 1. The minimum Gasteiger partial charge on any atom is -0.380 e. The molecular formula is C22H27FN2O3S. The van der Waals surface area contributed by atoms with E-state index in [1.807, 2.05) is 18.2 Å². The van der Waals surface area contributed by atoms with E-state index in [2.05, 4.69) is 17.0 Å². The average Bonchev–Trinajstić information content (AvgIpc) is 2.92. The first kappa shape index (κ1) is 20.5. The molecular weight excluding hydrogens is 391 g/mol. The van der Waals surface area contributed by atoms with Gasteiger partial charge in [-0.2, -0.15) is 4.31 Å². The van der Waals surface area contributed by atoms with Crippen LogP contribution in [0.4, 0.5) is 4.39 Å². The molecule has 2 aromatic rings. The summed E-state index contributed by atoms with van der Waals surface area (Å²) >= 11 is 0. The predicted octanol–water partition coefficient (Wildman–Crippen LogP) is 3.05. The van der Waals surface area contributed by atoms with Gasteiger partial charge in [-0.25, -0.2) is 12.8 Å². The largest absolute Gasteiger partial charge is 0.380 e. The van der Waals surface area contributed by atoms with Crippen molar-refractivity contribution in [3.63, 3.8) is 0 Å². The quantitative estimate of drug-likeness (QED) is 0.766. The summed E-state index contributed by atoms with van der Waals surface area (Å²) < 4.78 is 47.2. The highest BCUT2D eigenvalue weighted by Gasteiger charge is 2.39. The van der Waals surface area contributed by atoms with Crippen molar-refractivity contribution >= 4 is 10.0 Å². The summed E-state index contributed by atoms with van der Waals surface area (Å²) in [6.07, 6.45) is 0.764. The zero-order chi connectivity index (χ0) is 20.4. The van der Waals surface area contributed by atoms with Gasteiger partial charge in [-0.15, -0.1) is 0 Å². The first-order chi connectivity index (χ1) is 13.9. The molecule has 2 heterocycles. The highest BCUT2D eigenvalue weighted by molar-refractivity contribution is 7.89. The molecule has 0 saturated carbocycles. The molecule has 0 bridgehead atoms. The molecule has 0 aliphatic carbocycles. The summed E-state index contributed by atoms with van der Waals surface area (Å²) in [6, 6.07) is 14.6. The second-order valence-corrected chi connectivity index (χ2v) is 9.86. The zero-order valence-corrected chi connectivity index (χ0v) is 17.4. The molecule has 2 saturated heterocycles. The van der Waals surface area contributed by atoms with E-state index in [0.717, 1.165) is 19.5 Å². The number of ether oxygens (including phenoxy) is 1. The van der Waals surface area contributed by atoms with Crippen molar-refractivity contribution in [3.8, 4) is 0 Å². The number of nitrogens with zero attached hydrogens (tertiary/aromatic N) is 2. The van der Waals surface area contributed by atoms with Gasteiger partial charge in [-0.3, -0.25) is 4.90 Å². The molecule has 0 unspecified atom stereocenters. The van der Waals surface area contributed by atoms with Crippen molar-refractivity contribution in [1.82, 2.24) is 9.21 Å². The smallest absolute Gasteiger partial charge is 0.243 e. The molecule has 2 atom stereocenters. The minimum atomic E-state index is -3.65. The van der Waals surface area contributed by atoms with Crippen molar-refractivity contribution in [2.24, 2.45) is 5.92 Å². The third-order valence-electron chi connectivity index (χ3n) is 5.98. The van der Waals surface area contributed by atoms with Gasteiger partial charge in [0.2, 0.25) is 10.0 Å². The molecule has 0 aromatic heterocycles. The second kappa shape index (κ2) is 8.52. The van der Waals surface area contributed by atoms with E-state index in [-0.39, 0.29) is 10.8 Å². The van der Waals surface area contributed by atoms with Gasteiger partial charge in [0, 0.05) is 38.1 Å². The topological polar surface area (TPSA) is 49.9 Å². The lowest BCUT2D eigenvalue weighted by Crippen LogP contribution is -2.52. The van der Waals surface area contributed by atoms with Gasteiger partial charge in [-0.1, -0.05) is 30.3 Å². The fraction of sp³-hybridized carbons (Fsp3) is 0.455. The van der Waals surface area contributed by atoms with E-state index in [1.165, 1.54) is 28.1 Å². The van der Waals surface area contributed by atoms with Crippen LogP contribution in [0.25, 0.3) is 0 Å². The maximum atomic E-state index is 13.6. The van der Waals surface area contributed by atoms with Gasteiger partial charge in [0.1, 0.15) is 5.82 Å². The molecule has 0 N–H and O–H groups in total. The molecule has 2 aliphatic rings. The van der Waals surface area contributed by atoms with E-state index in [1.54, 1.807) is 6.92 Å². The van der Waals surface area contributed by atoms with Crippen molar-refractivity contribution in [2.45, 2.75) is 30.8 Å². The average molecular weight is 419 g/mol. The monoisotopic (exact) mass is 418 g/mol. The maximum Gasteiger partial charge on any atom is 0.243 e. The Balaban J connectivity index is 1.52. The molecule has 0 spiro atoms. The van der Waals surface area contributed by atoms with Crippen molar-refractivity contribution in [3.05, 3.63) is 65.5 Å². The molecule has 4 rings (SSSR count). The lowest BCUT2D eigenvalue weighted by atomic mass is 9.92. The number of hydrogen-bond donors (Lipinski definition) is 0. The van der Waals surface area contributed by atoms with Crippen LogP contribution in [0.15, 0.2) is 53.4 Å². The van der Waals surface area contributed by atoms with Gasteiger partial charge in [0.25, 0.3) is 0 Å². The van der Waals surface area contributed by atoms with Crippen molar-refractivity contribution in [2.75, 3.05) is 32.8 Å². The van der Waals surface area contributed by atoms with Gasteiger partial charge >= 0.3 is 0 Å². The maximum absolute atomic E-state index is 13.6. The molecule has 5 nitrogen and oxygen atoms in total. The van der Waals surface area contributed by atoms with Gasteiger partial charge in [0.15, 0.2) is 0 Å². The van der Waals surface area contributed by atoms with Crippen LogP contribution in [0.3, 0.4) is 0 Å². The highest BCUT2D eigenvalue weighted by Crippen LogP contribution is 2.30. The van der Waals surface area contributed by atoms with Crippen LogP contribution in [0.2, 0.25) is 0 Å². The number of fused-ring (bicyclic) bond motifs is 1. The number of benzene rings is 2. The van der Waals surface area contributed by atoms with Gasteiger partial charge in [0.05, 0.1) is 18.1 Å². The van der Waals surface area contributed by atoms with Crippen molar-refractivity contribution < 1.29 is 17.5 Å². The summed E-state index contributed by atoms with van der Waals surface area (Å²) in [5.41, 5.74) is 1.60. The molecule has 156 valence electrons. The van der Waals surface area contributed by atoms with E-state index < -0.39 is 15.8 Å².